The predicted octanol–water partition coefficient (Wildman–Crippen LogP) is 2.49. The fourth-order valence-electron chi connectivity index (χ4n) is 3.31. The van der Waals surface area contributed by atoms with Crippen LogP contribution in [0.1, 0.15) is 25.7 Å². The van der Waals surface area contributed by atoms with Crippen LogP contribution in [0.5, 0.6) is 0 Å². The Hall–Kier alpha value is -0.850. The maximum atomic E-state index is 11.4. The number of fused-ring (bicyclic) bond motifs is 5. The SMILES string of the molecule is O=C1C[C@@H]2C[C@@H](C1)[C@@H]1CC=CC=C21. The average Bonchev–Trinajstić information content (AvgIpc) is 2.41. The van der Waals surface area contributed by atoms with Gasteiger partial charge in [0.2, 0.25) is 0 Å². The molecule has 3 aliphatic rings. The molecule has 0 aromatic heterocycles. The Bertz CT molecular complexity index is 311. The third kappa shape index (κ3) is 1.03. The average molecular weight is 174 g/mol. The van der Waals surface area contributed by atoms with Gasteiger partial charge in [-0.3, -0.25) is 4.79 Å². The minimum absolute atomic E-state index is 0.497. The van der Waals surface area contributed by atoms with Crippen LogP contribution in [0, 0.1) is 17.8 Å². The van der Waals surface area contributed by atoms with Gasteiger partial charge in [0.05, 0.1) is 0 Å². The van der Waals surface area contributed by atoms with Crippen LogP contribution in [0.4, 0.5) is 0 Å². The summed E-state index contributed by atoms with van der Waals surface area (Å²) in [5.41, 5.74) is 1.58. The van der Waals surface area contributed by atoms with E-state index in [1.165, 1.54) is 12.8 Å². The molecule has 0 N–H and O–H groups in total. The Kier molecular flexibility index (Phi) is 1.49. The summed E-state index contributed by atoms with van der Waals surface area (Å²) in [6.07, 6.45) is 10.8. The number of allylic oxidation sites excluding steroid dienone is 4. The van der Waals surface area contributed by atoms with Crippen molar-refractivity contribution < 1.29 is 4.79 Å². The number of rotatable bonds is 0. The van der Waals surface area contributed by atoms with Gasteiger partial charge in [-0.05, 0) is 30.6 Å². The quantitative estimate of drug-likeness (QED) is 0.551. The van der Waals surface area contributed by atoms with Crippen molar-refractivity contribution in [3.8, 4) is 0 Å². The van der Waals surface area contributed by atoms with Crippen molar-refractivity contribution in [2.75, 3.05) is 0 Å². The molecule has 1 heteroatoms. The fraction of sp³-hybridized carbons (Fsp3) is 0.583. The summed E-state index contributed by atoms with van der Waals surface area (Å²) in [4.78, 5) is 11.4. The number of hydrogen-bond acceptors (Lipinski definition) is 1. The molecule has 2 saturated carbocycles. The smallest absolute Gasteiger partial charge is 0.133 e. The zero-order valence-corrected chi connectivity index (χ0v) is 7.70. The molecule has 1 nitrogen and oxygen atoms in total. The summed E-state index contributed by atoms with van der Waals surface area (Å²) in [5.74, 6) is 2.52. The van der Waals surface area contributed by atoms with Crippen molar-refractivity contribution in [3.05, 3.63) is 23.8 Å². The van der Waals surface area contributed by atoms with Crippen molar-refractivity contribution >= 4 is 5.78 Å². The topological polar surface area (TPSA) is 17.1 Å². The highest BCUT2D eigenvalue weighted by atomic mass is 16.1. The third-order valence-electron chi connectivity index (χ3n) is 3.83. The summed E-state index contributed by atoms with van der Waals surface area (Å²) in [6.45, 7) is 0. The van der Waals surface area contributed by atoms with E-state index in [0.29, 0.717) is 17.6 Å². The molecule has 0 amide bonds. The van der Waals surface area contributed by atoms with Gasteiger partial charge in [0.15, 0.2) is 0 Å². The number of carbonyl (C=O) groups is 1. The van der Waals surface area contributed by atoms with Gasteiger partial charge in [0.1, 0.15) is 5.78 Å². The van der Waals surface area contributed by atoms with Gasteiger partial charge in [-0.1, -0.05) is 23.8 Å². The van der Waals surface area contributed by atoms with Gasteiger partial charge < -0.3 is 0 Å². The highest BCUT2D eigenvalue weighted by Crippen LogP contribution is 2.50. The van der Waals surface area contributed by atoms with Gasteiger partial charge in [-0.2, -0.15) is 0 Å². The molecule has 0 spiro atoms. The predicted molar refractivity (Wildman–Crippen MR) is 51.2 cm³/mol. The number of ketones is 1. The third-order valence-corrected chi connectivity index (χ3v) is 3.83. The van der Waals surface area contributed by atoms with Crippen LogP contribution in [0.25, 0.3) is 0 Å². The Balaban J connectivity index is 1.99. The van der Waals surface area contributed by atoms with Gasteiger partial charge in [0, 0.05) is 12.8 Å². The van der Waals surface area contributed by atoms with Crippen molar-refractivity contribution in [2.45, 2.75) is 25.7 Å². The van der Waals surface area contributed by atoms with Crippen LogP contribution in [0.15, 0.2) is 23.8 Å². The van der Waals surface area contributed by atoms with E-state index in [0.717, 1.165) is 18.8 Å². The second kappa shape index (κ2) is 2.57. The molecule has 0 unspecified atom stereocenters. The minimum atomic E-state index is 0.497. The van der Waals surface area contributed by atoms with Gasteiger partial charge in [0.25, 0.3) is 0 Å². The zero-order valence-electron chi connectivity index (χ0n) is 7.70. The molecule has 0 radical (unpaired) electrons. The van der Waals surface area contributed by atoms with Crippen LogP contribution in [-0.4, -0.2) is 5.78 Å². The molecular formula is C12H14O. The van der Waals surface area contributed by atoms with E-state index in [4.69, 9.17) is 0 Å². The molecule has 0 saturated heterocycles. The first kappa shape index (κ1) is 7.54. The van der Waals surface area contributed by atoms with Crippen LogP contribution in [0.3, 0.4) is 0 Å². The monoisotopic (exact) mass is 174 g/mol. The second-order valence-corrected chi connectivity index (χ2v) is 4.58. The highest BCUT2D eigenvalue weighted by molar-refractivity contribution is 5.81. The lowest BCUT2D eigenvalue weighted by molar-refractivity contribution is -0.121. The Morgan fingerprint density at radius 1 is 1.31 bits per heavy atom. The van der Waals surface area contributed by atoms with Crippen LogP contribution < -0.4 is 0 Å². The summed E-state index contributed by atoms with van der Waals surface area (Å²) in [6, 6.07) is 0. The van der Waals surface area contributed by atoms with Crippen LogP contribution in [-0.2, 0) is 4.79 Å². The van der Waals surface area contributed by atoms with E-state index in [2.05, 4.69) is 18.2 Å². The normalized spacial score (nSPS) is 41.7. The van der Waals surface area contributed by atoms with Gasteiger partial charge in [-0.15, -0.1) is 0 Å². The number of Topliss-reactive ketones (excluding diaryl/α,β-unsaturated/α-hetero) is 1. The van der Waals surface area contributed by atoms with E-state index < -0.39 is 0 Å². The second-order valence-electron chi connectivity index (χ2n) is 4.58. The summed E-state index contributed by atoms with van der Waals surface area (Å²) >= 11 is 0. The molecule has 0 heterocycles. The lowest BCUT2D eigenvalue weighted by atomic mass is 9.85. The zero-order chi connectivity index (χ0) is 8.84. The summed E-state index contributed by atoms with van der Waals surface area (Å²) in [5, 5.41) is 0. The number of carbonyl (C=O) groups excluding carboxylic acids is 1. The summed E-state index contributed by atoms with van der Waals surface area (Å²) < 4.78 is 0. The van der Waals surface area contributed by atoms with E-state index in [1.54, 1.807) is 5.57 Å². The van der Waals surface area contributed by atoms with E-state index >= 15 is 0 Å². The maximum Gasteiger partial charge on any atom is 0.133 e. The maximum absolute atomic E-state index is 11.4. The lowest BCUT2D eigenvalue weighted by Crippen LogP contribution is -2.16. The van der Waals surface area contributed by atoms with Gasteiger partial charge >= 0.3 is 0 Å². The molecule has 0 aromatic rings. The first-order valence-electron chi connectivity index (χ1n) is 5.23. The largest absolute Gasteiger partial charge is 0.300 e. The molecule has 3 aliphatic carbocycles. The molecule has 0 aromatic carbocycles. The van der Waals surface area contributed by atoms with E-state index in [-0.39, 0.29) is 0 Å². The van der Waals surface area contributed by atoms with Crippen molar-refractivity contribution in [1.29, 1.82) is 0 Å². The standard InChI is InChI=1S/C12H14O/c13-10-6-8-5-9(7-10)12-4-2-1-3-11(8)12/h1-3,8-9,12H,4-7H2/t8-,9-,12-/m0/s1. The van der Waals surface area contributed by atoms with Crippen LogP contribution >= 0.6 is 0 Å². The fourth-order valence-corrected chi connectivity index (χ4v) is 3.31. The highest BCUT2D eigenvalue weighted by Gasteiger charge is 2.43. The molecule has 2 bridgehead atoms. The summed E-state index contributed by atoms with van der Waals surface area (Å²) in [7, 11) is 0. The molecule has 13 heavy (non-hydrogen) atoms. The van der Waals surface area contributed by atoms with Crippen molar-refractivity contribution in [3.63, 3.8) is 0 Å². The van der Waals surface area contributed by atoms with E-state index in [9.17, 15) is 4.79 Å². The lowest BCUT2D eigenvalue weighted by Gasteiger charge is -2.19. The number of hydrogen-bond donors (Lipinski definition) is 0. The van der Waals surface area contributed by atoms with Crippen LogP contribution in [0.2, 0.25) is 0 Å². The molecule has 0 aliphatic heterocycles. The van der Waals surface area contributed by atoms with E-state index in [1.807, 2.05) is 0 Å². The molecule has 2 fully saturated rings. The first-order chi connectivity index (χ1) is 6.34. The van der Waals surface area contributed by atoms with Crippen molar-refractivity contribution in [1.82, 2.24) is 0 Å². The Morgan fingerprint density at radius 2 is 2.23 bits per heavy atom. The molecule has 3 rings (SSSR count). The van der Waals surface area contributed by atoms with Gasteiger partial charge in [-0.25, -0.2) is 0 Å². The molecule has 68 valence electrons. The Labute approximate surface area is 78.5 Å². The molecule has 3 atom stereocenters. The molecular weight excluding hydrogens is 160 g/mol. The van der Waals surface area contributed by atoms with Crippen molar-refractivity contribution in [2.24, 2.45) is 17.8 Å². The first-order valence-corrected chi connectivity index (χ1v) is 5.23. The Morgan fingerprint density at radius 3 is 3.15 bits per heavy atom. The minimum Gasteiger partial charge on any atom is -0.300 e.